The minimum absolute atomic E-state index is 0.0345. The molecule has 1 aliphatic carbocycles. The van der Waals surface area contributed by atoms with Crippen LogP contribution in [-0.2, 0) is 0 Å². The van der Waals surface area contributed by atoms with Crippen molar-refractivity contribution >= 4 is 15.9 Å². The Labute approximate surface area is 134 Å². The number of halogens is 1. The molecule has 0 bridgehead atoms. The van der Waals surface area contributed by atoms with Crippen LogP contribution in [0.1, 0.15) is 53.5 Å². The van der Waals surface area contributed by atoms with Crippen LogP contribution in [0.5, 0.6) is 0 Å². The molecule has 1 atom stereocenters. The van der Waals surface area contributed by atoms with Crippen LogP contribution in [0.4, 0.5) is 0 Å². The zero-order valence-corrected chi connectivity index (χ0v) is 13.9. The lowest BCUT2D eigenvalue weighted by Gasteiger charge is -2.26. The van der Waals surface area contributed by atoms with Crippen molar-refractivity contribution in [3.8, 4) is 0 Å². The second-order valence-electron chi connectivity index (χ2n) is 5.90. The van der Waals surface area contributed by atoms with E-state index in [-0.39, 0.29) is 6.04 Å². The van der Waals surface area contributed by atoms with Gasteiger partial charge in [-0.05, 0) is 54.0 Å². The first-order valence-electron chi connectivity index (χ1n) is 7.51. The summed E-state index contributed by atoms with van der Waals surface area (Å²) >= 11 is 3.54. The van der Waals surface area contributed by atoms with Crippen molar-refractivity contribution in [2.75, 3.05) is 0 Å². The van der Waals surface area contributed by atoms with Gasteiger partial charge in [-0.25, -0.2) is 5.43 Å². The van der Waals surface area contributed by atoms with E-state index in [1.807, 2.05) is 0 Å². The Hall–Kier alpha value is -1.16. The quantitative estimate of drug-likeness (QED) is 0.629. The van der Waals surface area contributed by atoms with Crippen molar-refractivity contribution in [3.63, 3.8) is 0 Å². The summed E-state index contributed by atoms with van der Waals surface area (Å²) in [5.74, 6) is 6.57. The maximum absolute atomic E-state index is 5.80. The molecule has 0 radical (unpaired) electrons. The normalized spacial score (nSPS) is 16.5. The maximum Gasteiger partial charge on any atom is 0.0710 e. The smallest absolute Gasteiger partial charge is 0.0710 e. The van der Waals surface area contributed by atoms with Crippen LogP contribution in [0.2, 0.25) is 0 Å². The molecule has 2 aromatic rings. The fraction of sp³-hybridized carbons (Fsp3) is 0.333. The molecule has 0 aromatic heterocycles. The average molecular weight is 345 g/mol. The summed E-state index contributed by atoms with van der Waals surface area (Å²) in [5.41, 5.74) is 8.03. The van der Waals surface area contributed by atoms with E-state index in [0.29, 0.717) is 0 Å². The van der Waals surface area contributed by atoms with Gasteiger partial charge in [0, 0.05) is 4.47 Å². The van der Waals surface area contributed by atoms with Gasteiger partial charge in [-0.3, -0.25) is 5.84 Å². The van der Waals surface area contributed by atoms with Gasteiger partial charge in [0.05, 0.1) is 6.04 Å². The molecule has 3 N–H and O–H groups in total. The zero-order chi connectivity index (χ0) is 14.8. The summed E-state index contributed by atoms with van der Waals surface area (Å²) in [6.07, 6.45) is 4.05. The van der Waals surface area contributed by atoms with Gasteiger partial charge < -0.3 is 0 Å². The molecule has 0 spiro atoms. The fourth-order valence-electron chi connectivity index (χ4n) is 2.93. The van der Waals surface area contributed by atoms with Crippen molar-refractivity contribution in [3.05, 3.63) is 69.2 Å². The van der Waals surface area contributed by atoms with Crippen LogP contribution >= 0.6 is 15.9 Å². The number of nitrogens with one attached hydrogen (secondary N) is 1. The minimum atomic E-state index is 0.0345. The topological polar surface area (TPSA) is 38.0 Å². The highest BCUT2D eigenvalue weighted by molar-refractivity contribution is 9.10. The Bertz CT molecular complexity index is 618. The highest BCUT2D eigenvalue weighted by Gasteiger charge is 2.20. The van der Waals surface area contributed by atoms with E-state index in [4.69, 9.17) is 5.84 Å². The van der Waals surface area contributed by atoms with Gasteiger partial charge in [0.2, 0.25) is 0 Å². The molecule has 0 amide bonds. The van der Waals surface area contributed by atoms with Crippen molar-refractivity contribution in [1.82, 2.24) is 5.43 Å². The number of aryl methyl sites for hydroxylation is 1. The Morgan fingerprint density at radius 2 is 1.76 bits per heavy atom. The standard InChI is InChI=1S/C18H21BrN2/c1-12-11-16(9-10-17(12)19)18(21-20)15-7-5-14(6-8-15)13-3-2-4-13/h5-11,13,18,21H,2-4,20H2,1H3. The molecular formula is C18H21BrN2. The van der Waals surface area contributed by atoms with Crippen molar-refractivity contribution in [2.24, 2.45) is 5.84 Å². The molecule has 3 rings (SSSR count). The molecule has 2 aromatic carbocycles. The van der Waals surface area contributed by atoms with Crippen molar-refractivity contribution in [2.45, 2.75) is 38.1 Å². The molecule has 0 aliphatic heterocycles. The molecule has 0 saturated heterocycles. The summed E-state index contributed by atoms with van der Waals surface area (Å²) in [5, 5.41) is 0. The van der Waals surface area contributed by atoms with Crippen molar-refractivity contribution in [1.29, 1.82) is 0 Å². The van der Waals surface area contributed by atoms with E-state index >= 15 is 0 Å². The first-order chi connectivity index (χ1) is 10.2. The highest BCUT2D eigenvalue weighted by Crippen LogP contribution is 2.36. The number of hydrogen-bond donors (Lipinski definition) is 2. The molecular weight excluding hydrogens is 324 g/mol. The number of benzene rings is 2. The molecule has 110 valence electrons. The molecule has 1 aliphatic rings. The molecule has 1 saturated carbocycles. The number of hydrazine groups is 1. The van der Waals surface area contributed by atoms with Gasteiger partial charge >= 0.3 is 0 Å². The van der Waals surface area contributed by atoms with E-state index in [2.05, 4.69) is 70.7 Å². The Morgan fingerprint density at radius 1 is 1.10 bits per heavy atom. The number of hydrogen-bond acceptors (Lipinski definition) is 2. The molecule has 3 heteroatoms. The first kappa shape index (κ1) is 14.8. The van der Waals surface area contributed by atoms with Gasteiger partial charge in [-0.1, -0.05) is 58.7 Å². The van der Waals surface area contributed by atoms with E-state index < -0.39 is 0 Å². The second kappa shape index (κ2) is 6.30. The third kappa shape index (κ3) is 3.05. The van der Waals surface area contributed by atoms with E-state index in [0.717, 1.165) is 10.4 Å². The van der Waals surface area contributed by atoms with E-state index in [1.54, 1.807) is 0 Å². The SMILES string of the molecule is Cc1cc(C(NN)c2ccc(C3CCC3)cc2)ccc1Br. The van der Waals surface area contributed by atoms with E-state index in [9.17, 15) is 0 Å². The van der Waals surface area contributed by atoms with Crippen LogP contribution in [-0.4, -0.2) is 0 Å². The maximum atomic E-state index is 5.80. The Morgan fingerprint density at radius 3 is 2.29 bits per heavy atom. The summed E-state index contributed by atoms with van der Waals surface area (Å²) in [7, 11) is 0. The monoisotopic (exact) mass is 344 g/mol. The zero-order valence-electron chi connectivity index (χ0n) is 12.3. The van der Waals surface area contributed by atoms with Crippen LogP contribution in [0, 0.1) is 6.92 Å². The lowest BCUT2D eigenvalue weighted by Crippen LogP contribution is -2.28. The second-order valence-corrected chi connectivity index (χ2v) is 6.76. The fourth-order valence-corrected chi connectivity index (χ4v) is 3.18. The van der Waals surface area contributed by atoms with Crippen LogP contribution in [0.15, 0.2) is 46.9 Å². The Kier molecular flexibility index (Phi) is 4.43. The summed E-state index contributed by atoms with van der Waals surface area (Å²) in [4.78, 5) is 0. The van der Waals surface area contributed by atoms with Gasteiger partial charge in [0.1, 0.15) is 0 Å². The minimum Gasteiger partial charge on any atom is -0.271 e. The summed E-state index contributed by atoms with van der Waals surface area (Å²) in [6.45, 7) is 2.10. The third-order valence-corrected chi connectivity index (χ3v) is 5.42. The first-order valence-corrected chi connectivity index (χ1v) is 8.30. The lowest BCUT2D eigenvalue weighted by atomic mass is 9.79. The van der Waals surface area contributed by atoms with Gasteiger partial charge in [0.15, 0.2) is 0 Å². The molecule has 1 unspecified atom stereocenters. The van der Waals surface area contributed by atoms with Gasteiger partial charge in [-0.2, -0.15) is 0 Å². The molecule has 0 heterocycles. The summed E-state index contributed by atoms with van der Waals surface area (Å²) < 4.78 is 1.13. The van der Waals surface area contributed by atoms with Crippen LogP contribution < -0.4 is 11.3 Å². The molecule has 2 nitrogen and oxygen atoms in total. The van der Waals surface area contributed by atoms with Crippen LogP contribution in [0.25, 0.3) is 0 Å². The average Bonchev–Trinajstić information content (AvgIpc) is 2.43. The lowest BCUT2D eigenvalue weighted by molar-refractivity contribution is 0.419. The van der Waals surface area contributed by atoms with E-state index in [1.165, 1.54) is 41.5 Å². The predicted octanol–water partition coefficient (Wildman–Crippen LogP) is 4.58. The molecule has 21 heavy (non-hydrogen) atoms. The summed E-state index contributed by atoms with van der Waals surface area (Å²) in [6, 6.07) is 15.3. The predicted molar refractivity (Wildman–Crippen MR) is 91.1 cm³/mol. The molecule has 1 fully saturated rings. The largest absolute Gasteiger partial charge is 0.271 e. The van der Waals surface area contributed by atoms with Crippen LogP contribution in [0.3, 0.4) is 0 Å². The number of nitrogens with two attached hydrogens (primary N) is 1. The van der Waals surface area contributed by atoms with Gasteiger partial charge in [0.25, 0.3) is 0 Å². The highest BCUT2D eigenvalue weighted by atomic mass is 79.9. The Balaban J connectivity index is 1.86. The third-order valence-electron chi connectivity index (χ3n) is 4.53. The number of rotatable bonds is 4. The van der Waals surface area contributed by atoms with Gasteiger partial charge in [-0.15, -0.1) is 0 Å². The van der Waals surface area contributed by atoms with Crippen molar-refractivity contribution < 1.29 is 0 Å².